The van der Waals surface area contributed by atoms with Crippen LogP contribution in [0.4, 0.5) is 0 Å². The fraction of sp³-hybridized carbons (Fsp3) is 0.426. The lowest BCUT2D eigenvalue weighted by molar-refractivity contribution is -0.126. The molecular weight excluding hydrogens is 1160 g/mol. The smallest absolute Gasteiger partial charge is 0.338 e. The minimum atomic E-state index is -0.403. The third-order valence-corrected chi connectivity index (χ3v) is 13.9. The van der Waals surface area contributed by atoms with E-state index in [1.165, 1.54) is 7.05 Å². The van der Waals surface area contributed by atoms with Crippen molar-refractivity contribution in [1.82, 2.24) is 16.0 Å². The lowest BCUT2D eigenvalue weighted by Crippen LogP contribution is -2.29. The molecule has 0 saturated heterocycles. The van der Waals surface area contributed by atoms with Gasteiger partial charge in [-0.15, -0.1) is 0 Å². The number of hydrogen-bond donors (Lipinski definition) is 5. The summed E-state index contributed by atoms with van der Waals surface area (Å²) in [5, 5.41) is 37.8. The van der Waals surface area contributed by atoms with Crippen LogP contribution in [0.2, 0.25) is 5.02 Å². The molecule has 0 radical (unpaired) electrons. The van der Waals surface area contributed by atoms with E-state index in [1.54, 1.807) is 0 Å². The van der Waals surface area contributed by atoms with Gasteiger partial charge in [0.2, 0.25) is 0 Å². The zero-order chi connectivity index (χ0) is 64.8. The number of cyclic esters (lactones) is 3. The standard InChI is InChI=1S/2C23H30N2O5.C22H27ClN2O4/c2*1-17-13-18(2)22-19(14-17)15-20(25-30-16-21(27)24-10-11-26)9-7-5-3-4-6-8-12-29-23(22)28;1-15-12-16(2)21(23)18-13-17(25-29-14-19(26)24-3)10-8-6-4-5-7-9-11-28-22(27)20(15)18/h2*4,6-7,9,13-14,26H,3,5,8,10-12,15-16H2,1-2H3,(H,24,27);5,7-8,10,12H,4,6,9,11,13-14H2,1-3H3,(H,24,26)/b6-4+,9-7+,25-20+;6-4+,9-7+,25-20-;7-5+,10-8?,25-17+. The molecule has 480 valence electrons. The average Bonchev–Trinajstić information content (AvgIpc) is 2.75. The second-order valence-corrected chi connectivity index (χ2v) is 21.3. The van der Waals surface area contributed by atoms with E-state index in [2.05, 4.69) is 49.6 Å². The molecule has 89 heavy (non-hydrogen) atoms. The minimum Gasteiger partial charge on any atom is -0.462 e. The topological polar surface area (TPSA) is 271 Å². The SMILES string of the molecule is CNC(=O)CO/N=C1\C=CCC/C=C/CCOC(=O)c2c(C)cc(C)c(Cl)c2C1.Cc1cc(C)c2c(c1)CC(=N/OCC(=O)NCCO)/C=C/CC/C=C/CCOC2=O.Cc1cc(C)c2c(c1)CC(=N\OCC(=O)NCCO)/C=C/CC/C=C/CCOC2=O. The van der Waals surface area contributed by atoms with Gasteiger partial charge in [0.05, 0.1) is 66.9 Å². The van der Waals surface area contributed by atoms with Crippen LogP contribution >= 0.6 is 11.6 Å². The van der Waals surface area contributed by atoms with E-state index in [1.807, 2.05) is 127 Å². The molecule has 20 nitrogen and oxygen atoms in total. The number of halogens is 1. The van der Waals surface area contributed by atoms with Gasteiger partial charge in [-0.1, -0.05) is 123 Å². The zero-order valence-electron chi connectivity index (χ0n) is 52.4. The van der Waals surface area contributed by atoms with Crippen LogP contribution in [-0.2, 0) is 62.4 Å². The number of aryl methyl sites for hydroxylation is 6. The predicted molar refractivity (Wildman–Crippen MR) is 346 cm³/mol. The van der Waals surface area contributed by atoms with Crippen molar-refractivity contribution in [3.05, 3.63) is 175 Å². The molecule has 21 heteroatoms. The van der Waals surface area contributed by atoms with E-state index in [0.29, 0.717) is 96.3 Å². The molecule has 0 saturated carbocycles. The Kier molecular flexibility index (Phi) is 34.2. The molecule has 0 fully saturated rings. The number of rotatable bonds is 13. The molecule has 0 aliphatic carbocycles. The van der Waals surface area contributed by atoms with Gasteiger partial charge in [0, 0.05) is 44.4 Å². The van der Waals surface area contributed by atoms with Gasteiger partial charge in [0.15, 0.2) is 19.8 Å². The van der Waals surface area contributed by atoms with E-state index in [9.17, 15) is 28.8 Å². The Hall–Kier alpha value is -8.46. The van der Waals surface area contributed by atoms with Crippen LogP contribution in [0.5, 0.6) is 0 Å². The summed E-state index contributed by atoms with van der Waals surface area (Å²) in [7, 11) is 1.53. The normalized spacial score (nSPS) is 18.4. The molecule has 0 aromatic heterocycles. The zero-order valence-corrected chi connectivity index (χ0v) is 53.1. The maximum Gasteiger partial charge on any atom is 0.338 e. The number of benzene rings is 3. The summed E-state index contributed by atoms with van der Waals surface area (Å²) in [5.74, 6) is -2.10. The number of likely N-dealkylation sites (N-methyl/N-ethyl adjacent to an activating group) is 1. The first-order chi connectivity index (χ1) is 42.9. The second-order valence-electron chi connectivity index (χ2n) is 21.0. The monoisotopic (exact) mass is 1250 g/mol. The van der Waals surface area contributed by atoms with Crippen molar-refractivity contribution in [2.75, 3.05) is 73.0 Å². The molecule has 0 unspecified atom stereocenters. The highest BCUT2D eigenvalue weighted by Gasteiger charge is 2.23. The van der Waals surface area contributed by atoms with Crippen LogP contribution in [-0.4, -0.2) is 136 Å². The maximum absolute atomic E-state index is 12.8. The van der Waals surface area contributed by atoms with E-state index in [-0.39, 0.29) is 82.2 Å². The van der Waals surface area contributed by atoms with Crippen LogP contribution in [0.3, 0.4) is 0 Å². The van der Waals surface area contributed by atoms with Crippen LogP contribution in [0.25, 0.3) is 0 Å². The number of hydrogen-bond acceptors (Lipinski definition) is 17. The number of aliphatic hydroxyl groups excluding tert-OH is 2. The molecule has 3 amide bonds. The Balaban J connectivity index is 0.000000285. The van der Waals surface area contributed by atoms with Crippen molar-refractivity contribution < 1.29 is 67.7 Å². The number of carbonyl (C=O) groups excluding carboxylic acids is 6. The lowest BCUT2D eigenvalue weighted by Gasteiger charge is -2.16. The number of nitrogens with zero attached hydrogens (tertiary/aromatic N) is 3. The molecule has 3 aliphatic rings. The Morgan fingerprint density at radius 1 is 0.472 bits per heavy atom. The molecule has 0 bridgehead atoms. The van der Waals surface area contributed by atoms with Crippen LogP contribution in [0.15, 0.2) is 119 Å². The lowest BCUT2D eigenvalue weighted by atomic mass is 9.94. The Bertz CT molecular complexity index is 3020. The Labute approximate surface area is 527 Å². The number of oxime groups is 3. The molecule has 0 spiro atoms. The van der Waals surface area contributed by atoms with Crippen LogP contribution in [0.1, 0.15) is 139 Å². The highest BCUT2D eigenvalue weighted by atomic mass is 35.5. The van der Waals surface area contributed by atoms with Crippen molar-refractivity contribution in [1.29, 1.82) is 0 Å². The highest BCUT2D eigenvalue weighted by Crippen LogP contribution is 2.30. The van der Waals surface area contributed by atoms with Crippen LogP contribution in [0, 0.1) is 41.5 Å². The molecule has 0 atom stereocenters. The fourth-order valence-corrected chi connectivity index (χ4v) is 9.53. The van der Waals surface area contributed by atoms with Crippen LogP contribution < -0.4 is 16.0 Å². The molecule has 3 aromatic carbocycles. The first kappa shape index (κ1) is 73.0. The second kappa shape index (κ2) is 41.6. The van der Waals surface area contributed by atoms with Crippen molar-refractivity contribution in [2.45, 2.75) is 119 Å². The summed E-state index contributed by atoms with van der Waals surface area (Å²) in [6, 6.07) is 9.69. The van der Waals surface area contributed by atoms with E-state index >= 15 is 0 Å². The quantitative estimate of drug-likeness (QED) is 0.0461. The van der Waals surface area contributed by atoms with Gasteiger partial charge in [-0.25, -0.2) is 14.4 Å². The largest absolute Gasteiger partial charge is 0.462 e. The first-order valence-electron chi connectivity index (χ1n) is 29.9. The Morgan fingerprint density at radius 3 is 1.21 bits per heavy atom. The van der Waals surface area contributed by atoms with Crippen molar-refractivity contribution in [3.8, 4) is 0 Å². The van der Waals surface area contributed by atoms with E-state index in [4.69, 9.17) is 50.5 Å². The van der Waals surface area contributed by atoms with Crippen molar-refractivity contribution >= 4 is 64.4 Å². The summed E-state index contributed by atoms with van der Waals surface area (Å²) < 4.78 is 16.4. The van der Waals surface area contributed by atoms with Gasteiger partial charge in [-0.2, -0.15) is 0 Å². The number of carbonyl (C=O) groups is 6. The number of aliphatic hydroxyl groups is 2. The predicted octanol–water partition coefficient (Wildman–Crippen LogP) is 9.63. The number of amides is 3. The highest BCUT2D eigenvalue weighted by molar-refractivity contribution is 6.33. The number of nitrogens with one attached hydrogen (secondary N) is 3. The van der Waals surface area contributed by atoms with Gasteiger partial charge in [-0.05, 0) is 157 Å². The molecule has 5 N–H and O–H groups in total. The maximum atomic E-state index is 12.8. The third kappa shape index (κ3) is 27.6. The molecule has 3 aliphatic heterocycles. The molecule has 6 rings (SSSR count). The van der Waals surface area contributed by atoms with Gasteiger partial charge in [0.1, 0.15) is 0 Å². The summed E-state index contributed by atoms with van der Waals surface area (Å²) in [5.41, 5.74) is 11.0. The molecule has 3 heterocycles. The van der Waals surface area contributed by atoms with E-state index < -0.39 is 5.97 Å². The summed E-state index contributed by atoms with van der Waals surface area (Å²) in [6.07, 6.45) is 32.0. The number of esters is 3. The van der Waals surface area contributed by atoms with E-state index in [0.717, 1.165) is 83.0 Å². The van der Waals surface area contributed by atoms with Crippen molar-refractivity contribution in [3.63, 3.8) is 0 Å². The summed E-state index contributed by atoms with van der Waals surface area (Å²) in [4.78, 5) is 88.5. The average molecular weight is 1250 g/mol. The fourth-order valence-electron chi connectivity index (χ4n) is 9.31. The van der Waals surface area contributed by atoms with Crippen molar-refractivity contribution in [2.24, 2.45) is 15.5 Å². The summed E-state index contributed by atoms with van der Waals surface area (Å²) >= 11 is 6.57. The third-order valence-electron chi connectivity index (χ3n) is 13.3. The van der Waals surface area contributed by atoms with Gasteiger partial charge in [-0.3, -0.25) is 14.4 Å². The minimum absolute atomic E-state index is 0.136. The number of allylic oxidation sites excluding steroid dienone is 9. The summed E-state index contributed by atoms with van der Waals surface area (Å²) in [6.45, 7) is 11.9. The Morgan fingerprint density at radius 2 is 0.820 bits per heavy atom. The van der Waals surface area contributed by atoms with Gasteiger partial charge >= 0.3 is 17.9 Å². The number of ether oxygens (including phenoxy) is 3. The van der Waals surface area contributed by atoms with Gasteiger partial charge in [0.25, 0.3) is 17.7 Å². The molecular formula is C68H87ClN6O14. The van der Waals surface area contributed by atoms with Gasteiger partial charge < -0.3 is 54.9 Å². The number of fused-ring (bicyclic) bond motifs is 3. The first-order valence-corrected chi connectivity index (χ1v) is 30.3. The molecule has 3 aromatic rings.